The number of carbonyl (C=O) groups excluding carboxylic acids is 1. The molecular formula is C18H22N2OS. The molecule has 3 rings (SSSR count). The van der Waals surface area contributed by atoms with Gasteiger partial charge in [-0.15, -0.1) is 0 Å². The summed E-state index contributed by atoms with van der Waals surface area (Å²) in [5.41, 5.74) is 2.38. The lowest BCUT2D eigenvalue weighted by atomic mass is 10.0. The average molecular weight is 314 g/mol. The molecule has 0 bridgehead atoms. The third kappa shape index (κ3) is 3.43. The van der Waals surface area contributed by atoms with Crippen molar-refractivity contribution in [3.8, 4) is 0 Å². The Balaban J connectivity index is 1.72. The minimum absolute atomic E-state index is 0.0993. The van der Waals surface area contributed by atoms with E-state index >= 15 is 0 Å². The second-order valence-electron chi connectivity index (χ2n) is 6.10. The van der Waals surface area contributed by atoms with Crippen LogP contribution in [0.1, 0.15) is 37.8 Å². The topological polar surface area (TPSA) is 32.7 Å². The van der Waals surface area contributed by atoms with Crippen LogP contribution in [-0.4, -0.2) is 29.1 Å². The van der Waals surface area contributed by atoms with Crippen molar-refractivity contribution < 1.29 is 4.79 Å². The van der Waals surface area contributed by atoms with E-state index in [-0.39, 0.29) is 5.91 Å². The van der Waals surface area contributed by atoms with Gasteiger partial charge in [-0.2, -0.15) is 4.99 Å². The number of benzene rings is 1. The molecule has 3 nitrogen and oxygen atoms in total. The van der Waals surface area contributed by atoms with Gasteiger partial charge < -0.3 is 4.90 Å². The summed E-state index contributed by atoms with van der Waals surface area (Å²) in [4.78, 5) is 19.4. The molecule has 1 fully saturated rings. The molecule has 0 radical (unpaired) electrons. The van der Waals surface area contributed by atoms with Crippen LogP contribution in [-0.2, 0) is 11.2 Å². The number of amidine groups is 1. The number of carbonyl (C=O) groups is 1. The highest BCUT2D eigenvalue weighted by Crippen LogP contribution is 2.32. The number of aryl methyl sites for hydroxylation is 1. The fraction of sp³-hybridized carbons (Fsp3) is 0.444. The molecule has 0 aromatic heterocycles. The van der Waals surface area contributed by atoms with Crippen molar-refractivity contribution in [1.29, 1.82) is 0 Å². The highest BCUT2D eigenvalue weighted by atomic mass is 32.2. The molecule has 1 atom stereocenters. The van der Waals surface area contributed by atoms with E-state index in [1.807, 2.05) is 6.08 Å². The van der Waals surface area contributed by atoms with Crippen molar-refractivity contribution in [2.24, 2.45) is 10.9 Å². The fourth-order valence-corrected chi connectivity index (χ4v) is 3.85. The lowest BCUT2D eigenvalue weighted by Crippen LogP contribution is -2.37. The van der Waals surface area contributed by atoms with Gasteiger partial charge in [0, 0.05) is 13.1 Å². The van der Waals surface area contributed by atoms with Crippen LogP contribution in [0.3, 0.4) is 0 Å². The Hall–Kier alpha value is -1.55. The van der Waals surface area contributed by atoms with Gasteiger partial charge in [0.2, 0.25) is 0 Å². The molecule has 0 saturated carbocycles. The molecule has 4 heteroatoms. The normalized spacial score (nSPS) is 24.0. The van der Waals surface area contributed by atoms with Crippen molar-refractivity contribution in [1.82, 2.24) is 4.90 Å². The molecular weight excluding hydrogens is 292 g/mol. The number of thioether (sulfide) groups is 1. The Morgan fingerprint density at radius 3 is 2.82 bits per heavy atom. The lowest BCUT2D eigenvalue weighted by Gasteiger charge is -2.31. The maximum Gasteiger partial charge on any atom is 0.286 e. The molecule has 1 aromatic carbocycles. The molecule has 0 spiro atoms. The summed E-state index contributed by atoms with van der Waals surface area (Å²) in [6.07, 6.45) is 5.45. The summed E-state index contributed by atoms with van der Waals surface area (Å²) in [7, 11) is 0. The molecule has 1 aromatic rings. The number of piperidine rings is 1. The first kappa shape index (κ1) is 15.3. The Labute approximate surface area is 136 Å². The van der Waals surface area contributed by atoms with Crippen LogP contribution in [0.2, 0.25) is 0 Å². The Morgan fingerprint density at radius 1 is 1.36 bits per heavy atom. The largest absolute Gasteiger partial charge is 0.351 e. The average Bonchev–Trinajstić information content (AvgIpc) is 2.89. The minimum atomic E-state index is -0.0993. The maximum atomic E-state index is 12.1. The van der Waals surface area contributed by atoms with E-state index in [1.165, 1.54) is 30.2 Å². The van der Waals surface area contributed by atoms with Crippen molar-refractivity contribution in [3.63, 3.8) is 0 Å². The molecule has 0 N–H and O–H groups in total. The van der Waals surface area contributed by atoms with Gasteiger partial charge in [-0.3, -0.25) is 4.79 Å². The van der Waals surface area contributed by atoms with E-state index in [1.54, 1.807) is 0 Å². The van der Waals surface area contributed by atoms with Crippen LogP contribution in [0, 0.1) is 5.92 Å². The highest BCUT2D eigenvalue weighted by Gasteiger charge is 2.28. The summed E-state index contributed by atoms with van der Waals surface area (Å²) in [6, 6.07) is 8.37. The van der Waals surface area contributed by atoms with Gasteiger partial charge in [0.15, 0.2) is 5.17 Å². The van der Waals surface area contributed by atoms with Crippen LogP contribution in [0.4, 0.5) is 0 Å². The molecule has 116 valence electrons. The SMILES string of the molecule is CCc1ccc(/C=C2\SC(N3CCC[C@@H](C)C3)=NC2=O)cc1. The first-order chi connectivity index (χ1) is 10.7. The lowest BCUT2D eigenvalue weighted by molar-refractivity contribution is -0.113. The molecule has 0 unspecified atom stereocenters. The van der Waals surface area contributed by atoms with Crippen molar-refractivity contribution in [2.75, 3.05) is 13.1 Å². The summed E-state index contributed by atoms with van der Waals surface area (Å²) in [5, 5.41) is 0.882. The number of aliphatic imine (C=N–C) groups is 1. The molecule has 1 saturated heterocycles. The summed E-state index contributed by atoms with van der Waals surface area (Å²) in [6.45, 7) is 6.43. The third-order valence-electron chi connectivity index (χ3n) is 4.22. The minimum Gasteiger partial charge on any atom is -0.351 e. The zero-order valence-corrected chi connectivity index (χ0v) is 14.0. The zero-order valence-electron chi connectivity index (χ0n) is 13.2. The molecule has 2 aliphatic rings. The Kier molecular flexibility index (Phi) is 4.67. The predicted molar refractivity (Wildman–Crippen MR) is 93.8 cm³/mol. The predicted octanol–water partition coefficient (Wildman–Crippen LogP) is 3.95. The molecule has 2 aliphatic heterocycles. The van der Waals surface area contributed by atoms with E-state index in [0.717, 1.165) is 35.1 Å². The molecule has 0 aliphatic carbocycles. The summed E-state index contributed by atoms with van der Waals surface area (Å²) in [5.74, 6) is 0.583. The van der Waals surface area contributed by atoms with Crippen LogP contribution < -0.4 is 0 Å². The van der Waals surface area contributed by atoms with Gasteiger partial charge in [0.25, 0.3) is 5.91 Å². The third-order valence-corrected chi connectivity index (χ3v) is 5.27. The second-order valence-corrected chi connectivity index (χ2v) is 7.11. The van der Waals surface area contributed by atoms with Crippen LogP contribution in [0.5, 0.6) is 0 Å². The summed E-state index contributed by atoms with van der Waals surface area (Å²) >= 11 is 1.52. The van der Waals surface area contributed by atoms with E-state index in [2.05, 4.69) is 48.0 Å². The van der Waals surface area contributed by atoms with Gasteiger partial charge >= 0.3 is 0 Å². The standard InChI is InChI=1S/C18H22N2OS/c1-3-14-6-8-15(9-7-14)11-16-17(21)19-18(22-16)20-10-4-5-13(2)12-20/h6-9,11,13H,3-5,10,12H2,1-2H3/b16-11-/t13-/m1/s1. The quantitative estimate of drug-likeness (QED) is 0.775. The van der Waals surface area contributed by atoms with Gasteiger partial charge in [0.05, 0.1) is 4.91 Å². The maximum absolute atomic E-state index is 12.1. The summed E-state index contributed by atoms with van der Waals surface area (Å²) < 4.78 is 0. The Morgan fingerprint density at radius 2 is 2.14 bits per heavy atom. The van der Waals surface area contributed by atoms with Crippen molar-refractivity contribution >= 4 is 28.9 Å². The second kappa shape index (κ2) is 6.69. The van der Waals surface area contributed by atoms with Gasteiger partial charge in [0.1, 0.15) is 0 Å². The van der Waals surface area contributed by atoms with E-state index in [9.17, 15) is 4.79 Å². The van der Waals surface area contributed by atoms with E-state index in [4.69, 9.17) is 0 Å². The van der Waals surface area contributed by atoms with Gasteiger partial charge in [-0.05, 0) is 54.1 Å². The first-order valence-corrected chi connectivity index (χ1v) is 8.84. The number of likely N-dealkylation sites (tertiary alicyclic amines) is 1. The zero-order chi connectivity index (χ0) is 15.5. The number of amides is 1. The molecule has 22 heavy (non-hydrogen) atoms. The van der Waals surface area contributed by atoms with Crippen molar-refractivity contribution in [3.05, 3.63) is 40.3 Å². The van der Waals surface area contributed by atoms with Gasteiger partial charge in [-0.25, -0.2) is 0 Å². The number of hydrogen-bond acceptors (Lipinski definition) is 3. The van der Waals surface area contributed by atoms with Crippen LogP contribution in [0.25, 0.3) is 6.08 Å². The van der Waals surface area contributed by atoms with Crippen LogP contribution >= 0.6 is 11.8 Å². The van der Waals surface area contributed by atoms with E-state index < -0.39 is 0 Å². The fourth-order valence-electron chi connectivity index (χ4n) is 2.90. The van der Waals surface area contributed by atoms with E-state index in [0.29, 0.717) is 5.92 Å². The number of rotatable bonds is 2. The first-order valence-electron chi connectivity index (χ1n) is 8.02. The number of nitrogens with zero attached hydrogens (tertiary/aromatic N) is 2. The van der Waals surface area contributed by atoms with Crippen LogP contribution in [0.15, 0.2) is 34.2 Å². The smallest absolute Gasteiger partial charge is 0.286 e. The Bertz CT molecular complexity index is 618. The molecule has 2 heterocycles. The van der Waals surface area contributed by atoms with Crippen molar-refractivity contribution in [2.45, 2.75) is 33.1 Å². The monoisotopic (exact) mass is 314 g/mol. The van der Waals surface area contributed by atoms with Gasteiger partial charge in [-0.1, -0.05) is 38.1 Å². The highest BCUT2D eigenvalue weighted by molar-refractivity contribution is 8.18. The number of hydrogen-bond donors (Lipinski definition) is 0. The molecule has 1 amide bonds.